The molecule has 0 saturated carbocycles. The lowest BCUT2D eigenvalue weighted by molar-refractivity contribution is 0.301. The van der Waals surface area contributed by atoms with Gasteiger partial charge in [0.05, 0.1) is 6.61 Å². The zero-order valence-electron chi connectivity index (χ0n) is 12.3. The molecule has 0 unspecified atom stereocenters. The van der Waals surface area contributed by atoms with Gasteiger partial charge < -0.3 is 15.3 Å². The van der Waals surface area contributed by atoms with Crippen molar-refractivity contribution in [3.63, 3.8) is 0 Å². The molecule has 0 saturated heterocycles. The van der Waals surface area contributed by atoms with Gasteiger partial charge in [-0.05, 0) is 19.8 Å². The molecule has 0 aliphatic heterocycles. The summed E-state index contributed by atoms with van der Waals surface area (Å²) in [4.78, 5) is 10.9. The third kappa shape index (κ3) is 4.35. The molecule has 0 spiro atoms. The van der Waals surface area contributed by atoms with Crippen LogP contribution in [0.1, 0.15) is 39.2 Å². The van der Waals surface area contributed by atoms with Gasteiger partial charge in [0, 0.05) is 25.2 Å². The highest BCUT2D eigenvalue weighted by molar-refractivity contribution is 5.58. The lowest BCUT2D eigenvalue weighted by Crippen LogP contribution is -2.29. The van der Waals surface area contributed by atoms with Crippen LogP contribution in [0.3, 0.4) is 0 Å². The van der Waals surface area contributed by atoms with E-state index in [1.54, 1.807) is 6.33 Å². The zero-order chi connectivity index (χ0) is 14.1. The molecule has 5 heteroatoms. The molecule has 0 bridgehead atoms. The molecule has 0 aromatic carbocycles. The van der Waals surface area contributed by atoms with Crippen LogP contribution in [-0.2, 0) is 6.42 Å². The van der Waals surface area contributed by atoms with Crippen LogP contribution in [0.15, 0.2) is 6.33 Å². The Hall–Kier alpha value is -1.36. The minimum atomic E-state index is 0.145. The predicted octanol–water partition coefficient (Wildman–Crippen LogP) is 2.07. The van der Waals surface area contributed by atoms with E-state index in [2.05, 4.69) is 41.0 Å². The highest BCUT2D eigenvalue weighted by Gasteiger charge is 2.15. The molecular formula is C14H26N4O. The summed E-state index contributed by atoms with van der Waals surface area (Å²) in [5, 5.41) is 12.5. The third-order valence-corrected chi connectivity index (χ3v) is 2.93. The van der Waals surface area contributed by atoms with E-state index in [4.69, 9.17) is 0 Å². The molecule has 5 nitrogen and oxygen atoms in total. The van der Waals surface area contributed by atoms with E-state index in [9.17, 15) is 5.11 Å². The molecule has 0 atom stereocenters. The van der Waals surface area contributed by atoms with Gasteiger partial charge in [0.2, 0.25) is 0 Å². The Morgan fingerprint density at radius 2 is 1.95 bits per heavy atom. The normalized spacial score (nSPS) is 10.5. The number of rotatable bonds is 9. The van der Waals surface area contributed by atoms with E-state index in [-0.39, 0.29) is 6.61 Å². The fourth-order valence-corrected chi connectivity index (χ4v) is 2.19. The van der Waals surface area contributed by atoms with Crippen molar-refractivity contribution in [3.8, 4) is 0 Å². The second-order valence-corrected chi connectivity index (χ2v) is 4.52. The molecule has 0 amide bonds. The first-order chi connectivity index (χ1) is 9.28. The maximum absolute atomic E-state index is 9.22. The summed E-state index contributed by atoms with van der Waals surface area (Å²) < 4.78 is 0. The van der Waals surface area contributed by atoms with Crippen LogP contribution < -0.4 is 10.2 Å². The van der Waals surface area contributed by atoms with Gasteiger partial charge in [0.25, 0.3) is 0 Å². The van der Waals surface area contributed by atoms with Crippen LogP contribution in [0.4, 0.5) is 11.6 Å². The molecule has 2 N–H and O–H groups in total. The van der Waals surface area contributed by atoms with Crippen LogP contribution in [0.25, 0.3) is 0 Å². The van der Waals surface area contributed by atoms with Crippen molar-refractivity contribution < 1.29 is 5.11 Å². The second kappa shape index (κ2) is 8.69. The third-order valence-electron chi connectivity index (χ3n) is 2.93. The van der Waals surface area contributed by atoms with E-state index < -0.39 is 0 Å². The Kier molecular flexibility index (Phi) is 7.18. The Morgan fingerprint density at radius 3 is 2.53 bits per heavy atom. The van der Waals surface area contributed by atoms with Gasteiger partial charge in [-0.2, -0.15) is 0 Å². The quantitative estimate of drug-likeness (QED) is 0.716. The highest BCUT2D eigenvalue weighted by Crippen LogP contribution is 2.25. The number of aliphatic hydroxyl groups is 1. The van der Waals surface area contributed by atoms with Gasteiger partial charge >= 0.3 is 0 Å². The molecule has 19 heavy (non-hydrogen) atoms. The van der Waals surface area contributed by atoms with E-state index in [0.717, 1.165) is 49.6 Å². The van der Waals surface area contributed by atoms with Crippen LogP contribution in [0.5, 0.6) is 0 Å². The van der Waals surface area contributed by atoms with E-state index in [1.807, 2.05) is 0 Å². The summed E-state index contributed by atoms with van der Waals surface area (Å²) in [6, 6.07) is 0. The summed E-state index contributed by atoms with van der Waals surface area (Å²) in [6.45, 7) is 8.87. The Bertz CT molecular complexity index is 364. The fourth-order valence-electron chi connectivity index (χ4n) is 2.19. The van der Waals surface area contributed by atoms with Gasteiger partial charge in [-0.3, -0.25) is 0 Å². The maximum Gasteiger partial charge on any atom is 0.137 e. The number of nitrogens with zero attached hydrogens (tertiary/aromatic N) is 3. The lowest BCUT2D eigenvalue weighted by Gasteiger charge is -2.25. The van der Waals surface area contributed by atoms with Gasteiger partial charge in [0.1, 0.15) is 18.0 Å². The SMILES string of the molecule is CCCc1c(NCC)ncnc1N(CCC)CCO. The number of aromatic nitrogens is 2. The van der Waals surface area contributed by atoms with Crippen molar-refractivity contribution in [3.05, 3.63) is 11.9 Å². The zero-order valence-corrected chi connectivity index (χ0v) is 12.3. The first-order valence-electron chi connectivity index (χ1n) is 7.21. The number of aliphatic hydroxyl groups excluding tert-OH is 1. The van der Waals surface area contributed by atoms with Gasteiger partial charge in [-0.1, -0.05) is 20.3 Å². The van der Waals surface area contributed by atoms with Crippen LogP contribution in [0.2, 0.25) is 0 Å². The monoisotopic (exact) mass is 266 g/mol. The van der Waals surface area contributed by atoms with Gasteiger partial charge in [0.15, 0.2) is 0 Å². The summed E-state index contributed by atoms with van der Waals surface area (Å²) in [5.41, 5.74) is 1.16. The van der Waals surface area contributed by atoms with Crippen LogP contribution in [-0.4, -0.2) is 41.3 Å². The molecular weight excluding hydrogens is 240 g/mol. The molecule has 1 aromatic rings. The van der Waals surface area contributed by atoms with Crippen molar-refractivity contribution in [1.82, 2.24) is 9.97 Å². The molecule has 0 aliphatic carbocycles. The number of nitrogens with one attached hydrogen (secondary N) is 1. The largest absolute Gasteiger partial charge is 0.395 e. The summed E-state index contributed by atoms with van der Waals surface area (Å²) in [7, 11) is 0. The first kappa shape index (κ1) is 15.7. The highest BCUT2D eigenvalue weighted by atomic mass is 16.3. The molecule has 0 fully saturated rings. The molecule has 1 aromatic heterocycles. The lowest BCUT2D eigenvalue weighted by atomic mass is 10.1. The smallest absolute Gasteiger partial charge is 0.137 e. The first-order valence-corrected chi connectivity index (χ1v) is 7.21. The molecule has 0 aliphatic rings. The predicted molar refractivity (Wildman–Crippen MR) is 79.8 cm³/mol. The molecule has 108 valence electrons. The maximum atomic E-state index is 9.22. The minimum absolute atomic E-state index is 0.145. The molecule has 0 radical (unpaired) electrons. The van der Waals surface area contributed by atoms with E-state index in [0.29, 0.717) is 6.54 Å². The van der Waals surface area contributed by atoms with E-state index >= 15 is 0 Å². The number of hydrogen-bond donors (Lipinski definition) is 2. The summed E-state index contributed by atoms with van der Waals surface area (Å²) in [5.74, 6) is 1.89. The number of anilines is 2. The van der Waals surface area contributed by atoms with Crippen LogP contribution in [0, 0.1) is 0 Å². The minimum Gasteiger partial charge on any atom is -0.395 e. The molecule has 1 heterocycles. The van der Waals surface area contributed by atoms with Crippen molar-refractivity contribution in [2.45, 2.75) is 40.0 Å². The van der Waals surface area contributed by atoms with Crippen molar-refractivity contribution in [2.75, 3.05) is 36.5 Å². The van der Waals surface area contributed by atoms with Gasteiger partial charge in [-0.15, -0.1) is 0 Å². The topological polar surface area (TPSA) is 61.3 Å². The fraction of sp³-hybridized carbons (Fsp3) is 0.714. The van der Waals surface area contributed by atoms with Crippen molar-refractivity contribution in [1.29, 1.82) is 0 Å². The van der Waals surface area contributed by atoms with E-state index in [1.165, 1.54) is 0 Å². The summed E-state index contributed by atoms with van der Waals surface area (Å²) in [6.07, 6.45) is 4.64. The van der Waals surface area contributed by atoms with Gasteiger partial charge in [-0.25, -0.2) is 9.97 Å². The molecule has 1 rings (SSSR count). The Morgan fingerprint density at radius 1 is 1.16 bits per heavy atom. The van der Waals surface area contributed by atoms with Crippen molar-refractivity contribution >= 4 is 11.6 Å². The second-order valence-electron chi connectivity index (χ2n) is 4.52. The Labute approximate surface area is 116 Å². The van der Waals surface area contributed by atoms with Crippen LogP contribution >= 0.6 is 0 Å². The average Bonchev–Trinajstić information content (AvgIpc) is 2.41. The number of hydrogen-bond acceptors (Lipinski definition) is 5. The van der Waals surface area contributed by atoms with Crippen molar-refractivity contribution in [2.24, 2.45) is 0 Å². The standard InChI is InChI=1S/C14H26N4O/c1-4-7-12-13(15-6-3)16-11-17-14(12)18(8-5-2)9-10-19/h11,19H,4-10H2,1-3H3,(H,15,16,17). The Balaban J connectivity index is 3.10. The average molecular weight is 266 g/mol. The summed E-state index contributed by atoms with van der Waals surface area (Å²) >= 11 is 0.